The van der Waals surface area contributed by atoms with Gasteiger partial charge in [-0.15, -0.1) is 0 Å². The number of oxazole rings is 1. The Hall–Kier alpha value is -2.76. The number of nitrogens with zero attached hydrogens (tertiary/aromatic N) is 3. The topological polar surface area (TPSA) is 60.4 Å². The molecule has 6 nitrogen and oxygen atoms in total. The van der Waals surface area contributed by atoms with E-state index in [1.54, 1.807) is 6.07 Å². The third-order valence-electron chi connectivity index (χ3n) is 4.79. The molecule has 1 atom stereocenters. The molecule has 1 aliphatic rings. The number of aryl methyl sites for hydroxylation is 1. The predicted molar refractivity (Wildman–Crippen MR) is 89.7 cm³/mol. The van der Waals surface area contributed by atoms with Gasteiger partial charge in [0.1, 0.15) is 0 Å². The van der Waals surface area contributed by atoms with E-state index in [2.05, 4.69) is 10.6 Å². The average Bonchev–Trinajstić information content (AvgIpc) is 3.17. The van der Waals surface area contributed by atoms with Crippen molar-refractivity contribution in [3.05, 3.63) is 58.8 Å². The first-order valence-corrected chi connectivity index (χ1v) is 8.18. The molecular weight excluding hydrogens is 306 g/mol. The van der Waals surface area contributed by atoms with Crippen molar-refractivity contribution in [1.82, 2.24) is 14.0 Å². The molecule has 0 aliphatic carbocycles. The second kappa shape index (κ2) is 5.70. The van der Waals surface area contributed by atoms with E-state index in [1.165, 1.54) is 4.57 Å². The molecule has 0 N–H and O–H groups in total. The lowest BCUT2D eigenvalue weighted by Gasteiger charge is -2.35. The highest BCUT2D eigenvalue weighted by Crippen LogP contribution is 2.26. The molecule has 0 unspecified atom stereocenters. The van der Waals surface area contributed by atoms with E-state index >= 15 is 0 Å². The van der Waals surface area contributed by atoms with Crippen LogP contribution in [-0.2, 0) is 17.9 Å². The van der Waals surface area contributed by atoms with E-state index in [-0.39, 0.29) is 18.4 Å². The van der Waals surface area contributed by atoms with Crippen LogP contribution in [0.4, 0.5) is 0 Å². The van der Waals surface area contributed by atoms with Crippen LogP contribution in [0.1, 0.15) is 25.1 Å². The molecule has 0 bridgehead atoms. The van der Waals surface area contributed by atoms with Crippen molar-refractivity contribution in [3.63, 3.8) is 0 Å². The quantitative estimate of drug-likeness (QED) is 0.743. The average molecular weight is 325 g/mol. The summed E-state index contributed by atoms with van der Waals surface area (Å²) in [6.45, 7) is 3.89. The summed E-state index contributed by atoms with van der Waals surface area (Å²) in [4.78, 5) is 26.5. The van der Waals surface area contributed by atoms with Crippen molar-refractivity contribution in [2.75, 3.05) is 6.54 Å². The lowest BCUT2D eigenvalue weighted by molar-refractivity contribution is -0.134. The lowest BCUT2D eigenvalue weighted by Crippen LogP contribution is -2.41. The van der Waals surface area contributed by atoms with Crippen molar-refractivity contribution in [1.29, 1.82) is 0 Å². The third-order valence-corrected chi connectivity index (χ3v) is 4.79. The number of fused-ring (bicyclic) bond motifs is 2. The molecular formula is C18H19N3O3. The van der Waals surface area contributed by atoms with Crippen LogP contribution in [0.15, 0.2) is 51.8 Å². The highest BCUT2D eigenvalue weighted by atomic mass is 16.4. The Kier molecular flexibility index (Phi) is 3.52. The monoisotopic (exact) mass is 325 g/mol. The Morgan fingerprint density at radius 3 is 2.92 bits per heavy atom. The van der Waals surface area contributed by atoms with Gasteiger partial charge in [0, 0.05) is 37.9 Å². The van der Waals surface area contributed by atoms with Crippen LogP contribution in [0.2, 0.25) is 0 Å². The molecule has 3 aromatic rings. The van der Waals surface area contributed by atoms with Gasteiger partial charge in [0.25, 0.3) is 0 Å². The van der Waals surface area contributed by atoms with E-state index in [0.29, 0.717) is 18.7 Å². The largest absolute Gasteiger partial charge is 0.419 e. The molecule has 0 spiro atoms. The Bertz CT molecular complexity index is 950. The van der Waals surface area contributed by atoms with E-state index in [1.807, 2.05) is 42.3 Å². The summed E-state index contributed by atoms with van der Waals surface area (Å²) in [5, 5.41) is 0. The van der Waals surface area contributed by atoms with Gasteiger partial charge in [-0.25, -0.2) is 4.79 Å². The fraction of sp³-hybridized carbons (Fsp3) is 0.333. The Morgan fingerprint density at radius 1 is 1.21 bits per heavy atom. The van der Waals surface area contributed by atoms with Gasteiger partial charge in [-0.3, -0.25) is 9.36 Å². The van der Waals surface area contributed by atoms with Crippen molar-refractivity contribution < 1.29 is 9.21 Å². The van der Waals surface area contributed by atoms with Gasteiger partial charge in [-0.2, -0.15) is 0 Å². The smallest absolute Gasteiger partial charge is 0.408 e. The summed E-state index contributed by atoms with van der Waals surface area (Å²) >= 11 is 0. The molecule has 24 heavy (non-hydrogen) atoms. The van der Waals surface area contributed by atoms with Gasteiger partial charge in [0.15, 0.2) is 5.58 Å². The van der Waals surface area contributed by atoms with Gasteiger partial charge in [-0.05, 0) is 31.2 Å². The minimum atomic E-state index is -0.412. The molecule has 0 saturated heterocycles. The fourth-order valence-corrected chi connectivity index (χ4v) is 3.50. The second-order valence-electron chi connectivity index (χ2n) is 6.13. The number of carbonyl (C=O) groups is 1. The van der Waals surface area contributed by atoms with Gasteiger partial charge in [-0.1, -0.05) is 12.1 Å². The van der Waals surface area contributed by atoms with Gasteiger partial charge >= 0.3 is 5.76 Å². The number of carbonyl (C=O) groups excluding carboxylic acids is 1. The lowest BCUT2D eigenvalue weighted by atomic mass is 10.1. The van der Waals surface area contributed by atoms with Crippen molar-refractivity contribution >= 4 is 17.0 Å². The van der Waals surface area contributed by atoms with Crippen LogP contribution in [0.5, 0.6) is 0 Å². The third kappa shape index (κ3) is 2.35. The minimum Gasteiger partial charge on any atom is -0.408 e. The van der Waals surface area contributed by atoms with Crippen LogP contribution < -0.4 is 5.76 Å². The zero-order valence-corrected chi connectivity index (χ0v) is 13.5. The van der Waals surface area contributed by atoms with E-state index in [9.17, 15) is 9.59 Å². The number of para-hydroxylation sites is 2. The standard InChI is InChI=1S/C18H19N3O3/c1-13-14-6-4-9-19(14)11-12-20(13)17(22)8-10-21-15-5-2-3-7-16(15)24-18(21)23/h2-7,9,13H,8,10-12H2,1H3/t13-/m1/s1. The van der Waals surface area contributed by atoms with Gasteiger partial charge < -0.3 is 13.9 Å². The SMILES string of the molecule is C[C@@H]1c2cccn2CCN1C(=O)CCn1c(=O)oc2ccccc21. The Labute approximate surface area is 138 Å². The number of amides is 1. The molecule has 3 heterocycles. The number of hydrogen-bond acceptors (Lipinski definition) is 3. The first-order valence-electron chi connectivity index (χ1n) is 8.18. The van der Waals surface area contributed by atoms with Crippen LogP contribution in [0.25, 0.3) is 11.1 Å². The predicted octanol–water partition coefficient (Wildman–Crippen LogP) is 2.39. The van der Waals surface area contributed by atoms with E-state index in [4.69, 9.17) is 4.42 Å². The Balaban J connectivity index is 1.51. The molecule has 2 aromatic heterocycles. The maximum Gasteiger partial charge on any atom is 0.419 e. The molecule has 6 heteroatoms. The van der Waals surface area contributed by atoms with Gasteiger partial charge in [0.05, 0.1) is 11.6 Å². The zero-order valence-electron chi connectivity index (χ0n) is 13.5. The summed E-state index contributed by atoms with van der Waals surface area (Å²) in [6.07, 6.45) is 2.33. The molecule has 4 rings (SSSR count). The number of rotatable bonds is 3. The van der Waals surface area contributed by atoms with Crippen LogP contribution in [0, 0.1) is 0 Å². The summed E-state index contributed by atoms with van der Waals surface area (Å²) in [5.74, 6) is -0.350. The second-order valence-corrected chi connectivity index (χ2v) is 6.13. The number of hydrogen-bond donors (Lipinski definition) is 0. The number of aromatic nitrogens is 2. The molecule has 0 radical (unpaired) electrons. The molecule has 0 fully saturated rings. The van der Waals surface area contributed by atoms with Crippen molar-refractivity contribution in [3.8, 4) is 0 Å². The van der Waals surface area contributed by atoms with Crippen LogP contribution >= 0.6 is 0 Å². The molecule has 124 valence electrons. The highest BCUT2D eigenvalue weighted by Gasteiger charge is 2.27. The maximum atomic E-state index is 12.7. The molecule has 0 saturated carbocycles. The molecule has 1 aliphatic heterocycles. The zero-order chi connectivity index (χ0) is 16.7. The summed E-state index contributed by atoms with van der Waals surface area (Å²) in [7, 11) is 0. The number of benzene rings is 1. The maximum absolute atomic E-state index is 12.7. The summed E-state index contributed by atoms with van der Waals surface area (Å²) in [6, 6.07) is 11.4. The van der Waals surface area contributed by atoms with Gasteiger partial charge in [0.2, 0.25) is 5.91 Å². The van der Waals surface area contributed by atoms with Crippen molar-refractivity contribution in [2.24, 2.45) is 0 Å². The Morgan fingerprint density at radius 2 is 2.04 bits per heavy atom. The summed E-state index contributed by atoms with van der Waals surface area (Å²) < 4.78 is 8.93. The fourth-order valence-electron chi connectivity index (χ4n) is 3.50. The first kappa shape index (κ1) is 14.8. The van der Waals surface area contributed by atoms with Crippen molar-refractivity contribution in [2.45, 2.75) is 32.5 Å². The van der Waals surface area contributed by atoms with E-state index < -0.39 is 5.76 Å². The molecule has 1 aromatic carbocycles. The highest BCUT2D eigenvalue weighted by molar-refractivity contribution is 5.77. The summed E-state index contributed by atoms with van der Waals surface area (Å²) in [5.41, 5.74) is 2.44. The first-order chi connectivity index (χ1) is 11.6. The van der Waals surface area contributed by atoms with Crippen LogP contribution in [0.3, 0.4) is 0 Å². The normalized spacial score (nSPS) is 17.2. The van der Waals surface area contributed by atoms with E-state index in [0.717, 1.165) is 17.8 Å². The minimum absolute atomic E-state index is 0.0547. The van der Waals surface area contributed by atoms with Crippen LogP contribution in [-0.4, -0.2) is 26.5 Å². The molecule has 1 amide bonds.